The monoisotopic (exact) mass is 480 g/mol. The number of benzene rings is 2. The predicted octanol–water partition coefficient (Wildman–Crippen LogP) is 2.40. The first-order valence-corrected chi connectivity index (χ1v) is 11.2. The van der Waals surface area contributed by atoms with Crippen LogP contribution in [0.3, 0.4) is 0 Å². The van der Waals surface area contributed by atoms with Gasteiger partial charge in [0.2, 0.25) is 0 Å². The van der Waals surface area contributed by atoms with Crippen molar-refractivity contribution in [1.82, 2.24) is 8.54 Å². The molecule has 0 aliphatic carbocycles. The van der Waals surface area contributed by atoms with Gasteiger partial charge in [-0.25, -0.2) is 13.2 Å². The van der Waals surface area contributed by atoms with Gasteiger partial charge in [0.1, 0.15) is 17.9 Å². The van der Waals surface area contributed by atoms with Crippen LogP contribution in [0.1, 0.15) is 20.8 Å². The van der Waals surface area contributed by atoms with Crippen molar-refractivity contribution < 1.29 is 22.7 Å². The average molecular weight is 481 g/mol. The van der Waals surface area contributed by atoms with Crippen molar-refractivity contribution in [3.8, 4) is 5.75 Å². The number of aromatic nitrogens is 2. The Kier molecular flexibility index (Phi) is 6.21. The zero-order valence-electron chi connectivity index (χ0n) is 17.8. The molecule has 0 fully saturated rings. The number of halogens is 1. The van der Waals surface area contributed by atoms with Gasteiger partial charge in [0, 0.05) is 5.02 Å². The standard InChI is InChI=1S/C21H21ClN2O7S/c1-21(2,3)31-18(25)12-23-17-11-13(22)5-10-16(17)19(26)24(20(23)27)32(28,29)15-8-6-14(30-4)7-9-15/h5-11H,12H2,1-4H3. The fourth-order valence-electron chi connectivity index (χ4n) is 3.04. The summed E-state index contributed by atoms with van der Waals surface area (Å²) in [7, 11) is -3.18. The third-order valence-electron chi connectivity index (χ3n) is 4.37. The summed E-state index contributed by atoms with van der Waals surface area (Å²) >= 11 is 6.02. The minimum Gasteiger partial charge on any atom is -0.497 e. The van der Waals surface area contributed by atoms with Crippen LogP contribution in [-0.4, -0.2) is 35.6 Å². The molecule has 1 aromatic heterocycles. The quantitative estimate of drug-likeness (QED) is 0.515. The SMILES string of the molecule is COc1ccc(S(=O)(=O)n2c(=O)c3ccc(Cl)cc3n(CC(=O)OC(C)(C)C)c2=O)cc1. The Balaban J connectivity index is 2.30. The van der Waals surface area contributed by atoms with Gasteiger partial charge >= 0.3 is 11.7 Å². The molecule has 0 unspecified atom stereocenters. The molecule has 0 radical (unpaired) electrons. The van der Waals surface area contributed by atoms with Gasteiger partial charge in [0.15, 0.2) is 0 Å². The second-order valence-corrected chi connectivity index (χ2v) is 10.1. The van der Waals surface area contributed by atoms with Crippen molar-refractivity contribution in [2.75, 3.05) is 7.11 Å². The maximum atomic E-state index is 13.2. The second kappa shape index (κ2) is 8.44. The summed E-state index contributed by atoms with van der Waals surface area (Å²) in [5.74, 6) is -0.389. The normalized spacial score (nSPS) is 12.0. The summed E-state index contributed by atoms with van der Waals surface area (Å²) in [6.07, 6.45) is 0. The van der Waals surface area contributed by atoms with E-state index in [1.165, 1.54) is 49.6 Å². The molecule has 1 heterocycles. The summed E-state index contributed by atoms with van der Waals surface area (Å²) in [6.45, 7) is 4.33. The summed E-state index contributed by atoms with van der Waals surface area (Å²) in [6, 6.07) is 9.20. The molecule has 170 valence electrons. The van der Waals surface area contributed by atoms with Gasteiger partial charge in [0.05, 0.1) is 22.9 Å². The van der Waals surface area contributed by atoms with Gasteiger partial charge < -0.3 is 9.47 Å². The van der Waals surface area contributed by atoms with Crippen molar-refractivity contribution in [2.24, 2.45) is 0 Å². The number of rotatable bonds is 5. The van der Waals surface area contributed by atoms with E-state index in [9.17, 15) is 22.8 Å². The number of fused-ring (bicyclic) bond motifs is 1. The van der Waals surface area contributed by atoms with Crippen LogP contribution in [0.25, 0.3) is 10.9 Å². The van der Waals surface area contributed by atoms with E-state index in [1.54, 1.807) is 20.8 Å². The first-order valence-electron chi connectivity index (χ1n) is 9.42. The van der Waals surface area contributed by atoms with E-state index in [2.05, 4.69) is 0 Å². The molecule has 11 heteroatoms. The molecular weight excluding hydrogens is 460 g/mol. The Labute approximate surface area is 188 Å². The maximum absolute atomic E-state index is 13.2. The highest BCUT2D eigenvalue weighted by Crippen LogP contribution is 2.19. The molecule has 0 saturated heterocycles. The molecule has 0 aliphatic heterocycles. The molecule has 0 atom stereocenters. The van der Waals surface area contributed by atoms with E-state index in [4.69, 9.17) is 21.1 Å². The molecule has 3 rings (SSSR count). The predicted molar refractivity (Wildman–Crippen MR) is 119 cm³/mol. The van der Waals surface area contributed by atoms with Crippen molar-refractivity contribution in [1.29, 1.82) is 0 Å². The summed E-state index contributed by atoms with van der Waals surface area (Å²) < 4.78 is 37.7. The van der Waals surface area contributed by atoms with Gasteiger partial charge in [-0.05, 0) is 63.2 Å². The van der Waals surface area contributed by atoms with E-state index in [1.807, 2.05) is 0 Å². The highest BCUT2D eigenvalue weighted by molar-refractivity contribution is 7.90. The number of hydrogen-bond donors (Lipinski definition) is 0. The second-order valence-electron chi connectivity index (χ2n) is 7.87. The number of esters is 1. The van der Waals surface area contributed by atoms with Crippen LogP contribution in [0.5, 0.6) is 5.75 Å². The van der Waals surface area contributed by atoms with Crippen molar-refractivity contribution >= 4 is 38.5 Å². The minimum absolute atomic E-state index is 0.0135. The molecule has 0 amide bonds. The summed E-state index contributed by atoms with van der Waals surface area (Å²) in [4.78, 5) is 38.4. The smallest absolute Gasteiger partial charge is 0.346 e. The molecule has 2 aromatic carbocycles. The van der Waals surface area contributed by atoms with Gasteiger partial charge in [-0.15, -0.1) is 3.97 Å². The number of ether oxygens (including phenoxy) is 2. The Bertz CT molecular complexity index is 1420. The van der Waals surface area contributed by atoms with E-state index >= 15 is 0 Å². The Hall–Kier alpha value is -3.11. The Morgan fingerprint density at radius 2 is 1.69 bits per heavy atom. The van der Waals surface area contributed by atoms with E-state index in [0.29, 0.717) is 5.75 Å². The number of carbonyl (C=O) groups is 1. The van der Waals surface area contributed by atoms with Crippen LogP contribution in [0.4, 0.5) is 0 Å². The van der Waals surface area contributed by atoms with Crippen LogP contribution in [0.15, 0.2) is 56.9 Å². The first-order chi connectivity index (χ1) is 14.8. The zero-order chi connectivity index (χ0) is 23.8. The maximum Gasteiger partial charge on any atom is 0.346 e. The average Bonchev–Trinajstić information content (AvgIpc) is 2.69. The van der Waals surface area contributed by atoms with Crippen LogP contribution < -0.4 is 16.0 Å². The van der Waals surface area contributed by atoms with Crippen LogP contribution in [0, 0.1) is 0 Å². The molecule has 0 N–H and O–H groups in total. The van der Waals surface area contributed by atoms with Crippen LogP contribution in [0.2, 0.25) is 5.02 Å². The van der Waals surface area contributed by atoms with Crippen LogP contribution >= 0.6 is 11.6 Å². The van der Waals surface area contributed by atoms with Gasteiger partial charge in [-0.2, -0.15) is 0 Å². The lowest BCUT2D eigenvalue weighted by Gasteiger charge is -2.20. The molecule has 3 aromatic rings. The number of methoxy groups -OCH3 is 1. The minimum atomic E-state index is -4.59. The molecule has 0 spiro atoms. The molecule has 0 bridgehead atoms. The highest BCUT2D eigenvalue weighted by atomic mass is 35.5. The van der Waals surface area contributed by atoms with Crippen molar-refractivity contribution in [2.45, 2.75) is 37.8 Å². The lowest BCUT2D eigenvalue weighted by atomic mass is 10.2. The molecule has 0 aliphatic rings. The van der Waals surface area contributed by atoms with Gasteiger partial charge in [0.25, 0.3) is 15.6 Å². The lowest BCUT2D eigenvalue weighted by molar-refractivity contribution is -0.155. The van der Waals surface area contributed by atoms with Gasteiger partial charge in [-0.3, -0.25) is 14.2 Å². The zero-order valence-corrected chi connectivity index (χ0v) is 19.4. The Morgan fingerprint density at radius 1 is 1.06 bits per heavy atom. The number of nitrogens with zero attached hydrogens (tertiary/aromatic N) is 2. The topological polar surface area (TPSA) is 114 Å². The fourth-order valence-corrected chi connectivity index (χ4v) is 4.52. The molecule has 9 nitrogen and oxygen atoms in total. The lowest BCUT2D eigenvalue weighted by Crippen LogP contribution is -2.45. The molecule has 0 saturated carbocycles. The van der Waals surface area contributed by atoms with Crippen molar-refractivity contribution in [3.05, 3.63) is 68.3 Å². The fraction of sp³-hybridized carbons (Fsp3) is 0.286. The molecular formula is C21H21ClN2O7S. The third-order valence-corrected chi connectivity index (χ3v) is 6.28. The van der Waals surface area contributed by atoms with Crippen LogP contribution in [-0.2, 0) is 26.1 Å². The summed E-state index contributed by atoms with van der Waals surface area (Å²) in [5, 5.41) is 0.0969. The summed E-state index contributed by atoms with van der Waals surface area (Å²) in [5.41, 5.74) is -3.10. The highest BCUT2D eigenvalue weighted by Gasteiger charge is 2.27. The van der Waals surface area contributed by atoms with Gasteiger partial charge in [-0.1, -0.05) is 11.6 Å². The molecule has 32 heavy (non-hydrogen) atoms. The first kappa shape index (κ1) is 23.6. The van der Waals surface area contributed by atoms with E-state index in [-0.39, 0.29) is 24.8 Å². The third kappa shape index (κ3) is 4.56. The Morgan fingerprint density at radius 3 is 2.25 bits per heavy atom. The largest absolute Gasteiger partial charge is 0.497 e. The number of hydrogen-bond acceptors (Lipinski definition) is 7. The number of carbonyl (C=O) groups excluding carboxylic acids is 1. The van der Waals surface area contributed by atoms with E-state index in [0.717, 1.165) is 4.57 Å². The van der Waals surface area contributed by atoms with E-state index < -0.39 is 39.4 Å². The van der Waals surface area contributed by atoms with Crippen molar-refractivity contribution in [3.63, 3.8) is 0 Å².